The number of hydrogen-bond donors (Lipinski definition) is 1. The third kappa shape index (κ3) is 2.21. The highest BCUT2D eigenvalue weighted by Gasteiger charge is 2.22. The van der Waals surface area contributed by atoms with Crippen molar-refractivity contribution in [3.05, 3.63) is 28.3 Å². The monoisotopic (exact) mass is 236 g/mol. The van der Waals surface area contributed by atoms with E-state index < -0.39 is 17.6 Å². The molecule has 15 heavy (non-hydrogen) atoms. The molecule has 1 N–H and O–H groups in total. The Kier molecular flexibility index (Phi) is 3.88. The number of aliphatic hydroxyl groups is 1. The van der Waals surface area contributed by atoms with E-state index in [2.05, 4.69) is 0 Å². The van der Waals surface area contributed by atoms with Gasteiger partial charge < -0.3 is 9.84 Å². The van der Waals surface area contributed by atoms with Crippen molar-refractivity contribution in [2.45, 2.75) is 12.8 Å². The summed E-state index contributed by atoms with van der Waals surface area (Å²) in [5.74, 6) is -2.28. The first-order chi connectivity index (χ1) is 7.02. The zero-order valence-corrected chi connectivity index (χ0v) is 9.11. The minimum absolute atomic E-state index is 0.0370. The van der Waals surface area contributed by atoms with Gasteiger partial charge in [0.2, 0.25) is 0 Å². The van der Waals surface area contributed by atoms with Crippen LogP contribution in [0.4, 0.5) is 8.78 Å². The van der Waals surface area contributed by atoms with Crippen molar-refractivity contribution in [2.24, 2.45) is 0 Å². The number of rotatable bonds is 3. The lowest BCUT2D eigenvalue weighted by molar-refractivity contribution is 0.265. The number of aliphatic hydroxyl groups excluding tert-OH is 1. The molecule has 5 heteroatoms. The average Bonchev–Trinajstić information content (AvgIpc) is 2.21. The first-order valence-electron chi connectivity index (χ1n) is 4.35. The molecule has 0 saturated heterocycles. The van der Waals surface area contributed by atoms with Gasteiger partial charge in [-0.1, -0.05) is 18.5 Å². The third-order valence-electron chi connectivity index (χ3n) is 2.13. The first kappa shape index (κ1) is 12.2. The molecule has 0 saturated carbocycles. The van der Waals surface area contributed by atoms with Crippen LogP contribution in [0.25, 0.3) is 0 Å². The van der Waals surface area contributed by atoms with Crippen LogP contribution in [0.15, 0.2) is 6.07 Å². The Bertz CT molecular complexity index is 369. The lowest BCUT2D eigenvalue weighted by atomic mass is 10.00. The summed E-state index contributed by atoms with van der Waals surface area (Å²) in [5, 5.41) is 8.61. The van der Waals surface area contributed by atoms with Gasteiger partial charge in [-0.2, -0.15) is 0 Å². The SMILES string of the molecule is COc1c(F)cc(Cl)c(F)c1C(C)CO. The Hall–Kier alpha value is -0.870. The van der Waals surface area contributed by atoms with Gasteiger partial charge in [0.05, 0.1) is 12.1 Å². The lowest BCUT2D eigenvalue weighted by Gasteiger charge is -2.15. The van der Waals surface area contributed by atoms with Crippen LogP contribution in [0, 0.1) is 11.6 Å². The van der Waals surface area contributed by atoms with Crippen molar-refractivity contribution in [2.75, 3.05) is 13.7 Å². The summed E-state index contributed by atoms with van der Waals surface area (Å²) in [7, 11) is 1.24. The molecule has 1 unspecified atom stereocenters. The summed E-state index contributed by atoms with van der Waals surface area (Å²) in [6.07, 6.45) is 0. The fraction of sp³-hybridized carbons (Fsp3) is 0.400. The Morgan fingerprint density at radius 2 is 2.13 bits per heavy atom. The fourth-order valence-corrected chi connectivity index (χ4v) is 1.53. The lowest BCUT2D eigenvalue weighted by Crippen LogP contribution is -2.07. The summed E-state index contributed by atoms with van der Waals surface area (Å²) in [4.78, 5) is 0. The molecule has 2 nitrogen and oxygen atoms in total. The molecular formula is C10H11ClF2O2. The predicted octanol–water partition coefficient (Wildman–Crippen LogP) is 2.72. The molecule has 84 valence electrons. The van der Waals surface area contributed by atoms with Crippen LogP contribution in [0.5, 0.6) is 5.75 Å². The maximum atomic E-state index is 13.6. The molecule has 0 radical (unpaired) electrons. The van der Waals surface area contributed by atoms with Gasteiger partial charge in [-0.15, -0.1) is 0 Å². The maximum Gasteiger partial charge on any atom is 0.167 e. The van der Waals surface area contributed by atoms with E-state index in [0.717, 1.165) is 6.07 Å². The van der Waals surface area contributed by atoms with Crippen molar-refractivity contribution in [1.29, 1.82) is 0 Å². The molecule has 0 amide bonds. The maximum absolute atomic E-state index is 13.6. The van der Waals surface area contributed by atoms with Crippen molar-refractivity contribution >= 4 is 11.6 Å². The molecule has 1 rings (SSSR count). The van der Waals surface area contributed by atoms with Gasteiger partial charge in [0.15, 0.2) is 11.6 Å². The van der Waals surface area contributed by atoms with E-state index in [1.807, 2.05) is 0 Å². The van der Waals surface area contributed by atoms with Gasteiger partial charge in [0.25, 0.3) is 0 Å². The van der Waals surface area contributed by atoms with E-state index >= 15 is 0 Å². The number of halogens is 3. The Balaban J connectivity index is 3.43. The van der Waals surface area contributed by atoms with Crippen LogP contribution >= 0.6 is 11.6 Å². The molecule has 0 bridgehead atoms. The van der Waals surface area contributed by atoms with Crippen molar-refractivity contribution in [3.8, 4) is 5.75 Å². The normalized spacial score (nSPS) is 12.7. The number of hydrogen-bond acceptors (Lipinski definition) is 2. The molecule has 1 atom stereocenters. The summed E-state index contributed by atoms with van der Waals surface area (Å²) >= 11 is 5.50. The highest BCUT2D eigenvalue weighted by atomic mass is 35.5. The van der Waals surface area contributed by atoms with E-state index in [9.17, 15) is 8.78 Å². The second-order valence-corrected chi connectivity index (χ2v) is 3.59. The molecular weight excluding hydrogens is 226 g/mol. The molecule has 0 aliphatic rings. The average molecular weight is 237 g/mol. The van der Waals surface area contributed by atoms with Gasteiger partial charge in [-0.3, -0.25) is 0 Å². The third-order valence-corrected chi connectivity index (χ3v) is 2.41. The Labute approximate surface area is 91.4 Å². The smallest absolute Gasteiger partial charge is 0.167 e. The van der Waals surface area contributed by atoms with Crippen LogP contribution in [0.2, 0.25) is 5.02 Å². The molecule has 0 aliphatic heterocycles. The van der Waals surface area contributed by atoms with Crippen molar-refractivity contribution in [3.63, 3.8) is 0 Å². The topological polar surface area (TPSA) is 29.5 Å². The summed E-state index contributed by atoms with van der Waals surface area (Å²) in [6, 6.07) is 0.851. The molecule has 0 spiro atoms. The van der Waals surface area contributed by atoms with Crippen LogP contribution in [0.1, 0.15) is 18.4 Å². The zero-order valence-electron chi connectivity index (χ0n) is 8.35. The second-order valence-electron chi connectivity index (χ2n) is 3.18. The van der Waals surface area contributed by atoms with Crippen LogP contribution < -0.4 is 4.74 Å². The standard InChI is InChI=1S/C10H11ClF2O2/c1-5(4-14)8-9(13)6(11)3-7(12)10(8)15-2/h3,5,14H,4H2,1-2H3. The van der Waals surface area contributed by atoms with E-state index in [0.29, 0.717) is 0 Å². The van der Waals surface area contributed by atoms with Crippen molar-refractivity contribution < 1.29 is 18.6 Å². The van der Waals surface area contributed by atoms with E-state index in [-0.39, 0.29) is 22.9 Å². The number of ether oxygens (including phenoxy) is 1. The van der Waals surface area contributed by atoms with Gasteiger partial charge >= 0.3 is 0 Å². The fourth-order valence-electron chi connectivity index (χ4n) is 1.34. The summed E-state index contributed by atoms with van der Waals surface area (Å²) in [5.41, 5.74) is -0.0370. The van der Waals surface area contributed by atoms with Gasteiger partial charge in [-0.05, 0) is 6.07 Å². The first-order valence-corrected chi connectivity index (χ1v) is 4.73. The minimum atomic E-state index is -0.753. The van der Waals surface area contributed by atoms with E-state index in [1.54, 1.807) is 6.92 Å². The predicted molar refractivity (Wildman–Crippen MR) is 53.4 cm³/mol. The summed E-state index contributed by atoms with van der Waals surface area (Å²) < 4.78 is 31.7. The highest BCUT2D eigenvalue weighted by molar-refractivity contribution is 6.30. The van der Waals surface area contributed by atoms with E-state index in [1.165, 1.54) is 7.11 Å². The Morgan fingerprint density at radius 3 is 2.60 bits per heavy atom. The summed E-state index contributed by atoms with van der Waals surface area (Å²) in [6.45, 7) is 1.24. The Morgan fingerprint density at radius 1 is 1.53 bits per heavy atom. The van der Waals surface area contributed by atoms with Crippen LogP contribution in [0.3, 0.4) is 0 Å². The quantitative estimate of drug-likeness (QED) is 0.818. The molecule has 0 heterocycles. The van der Waals surface area contributed by atoms with Crippen LogP contribution in [-0.4, -0.2) is 18.8 Å². The number of methoxy groups -OCH3 is 1. The zero-order chi connectivity index (χ0) is 11.6. The van der Waals surface area contributed by atoms with Crippen LogP contribution in [-0.2, 0) is 0 Å². The van der Waals surface area contributed by atoms with Gasteiger partial charge in [-0.25, -0.2) is 8.78 Å². The largest absolute Gasteiger partial charge is 0.493 e. The molecule has 1 aromatic rings. The van der Waals surface area contributed by atoms with Gasteiger partial charge in [0, 0.05) is 18.1 Å². The number of benzene rings is 1. The molecule has 0 aromatic heterocycles. The molecule has 1 aromatic carbocycles. The van der Waals surface area contributed by atoms with Gasteiger partial charge in [0.1, 0.15) is 5.82 Å². The molecule has 0 fully saturated rings. The second kappa shape index (κ2) is 4.77. The minimum Gasteiger partial charge on any atom is -0.493 e. The molecule has 0 aliphatic carbocycles. The van der Waals surface area contributed by atoms with Crippen molar-refractivity contribution in [1.82, 2.24) is 0 Å². The highest BCUT2D eigenvalue weighted by Crippen LogP contribution is 2.35. The van der Waals surface area contributed by atoms with E-state index in [4.69, 9.17) is 21.4 Å².